The molecule has 0 aromatic heterocycles. The highest BCUT2D eigenvalue weighted by Crippen LogP contribution is 2.67. The van der Waals surface area contributed by atoms with Gasteiger partial charge in [0, 0.05) is 40.4 Å². The van der Waals surface area contributed by atoms with E-state index in [4.69, 9.17) is 9.47 Å². The van der Waals surface area contributed by atoms with Crippen LogP contribution in [-0.2, 0) is 28.2 Å². The predicted octanol–water partition coefficient (Wildman–Crippen LogP) is 3.49. The topological polar surface area (TPSA) is 149 Å². The molecule has 3 aliphatic heterocycles. The predicted molar refractivity (Wildman–Crippen MR) is 174 cm³/mol. The second-order valence-corrected chi connectivity index (χ2v) is 13.4. The van der Waals surface area contributed by atoms with Crippen molar-refractivity contribution in [2.45, 2.75) is 54.4 Å². The number of hydrogen-bond donors (Lipinski definition) is 4. The van der Waals surface area contributed by atoms with Crippen LogP contribution in [0.3, 0.4) is 0 Å². The molecule has 48 heavy (non-hydrogen) atoms. The number of ether oxygens (including phenoxy) is 2. The molecule has 3 aromatic carbocycles. The third-order valence-corrected chi connectivity index (χ3v) is 10.6. The lowest BCUT2D eigenvalue weighted by molar-refractivity contribution is 0.0867. The van der Waals surface area contributed by atoms with Gasteiger partial charge in [-0.15, -0.1) is 11.8 Å². The largest absolute Gasteiger partial charge is 0.507 e. The Morgan fingerprint density at radius 3 is 2.42 bits per heavy atom. The summed E-state index contributed by atoms with van der Waals surface area (Å²) in [6.45, 7) is 2.13. The first-order valence-electron chi connectivity index (χ1n) is 15.4. The molecule has 2 bridgehead atoms. The molecule has 0 saturated carbocycles. The summed E-state index contributed by atoms with van der Waals surface area (Å²) < 4.78 is 11.7. The second-order valence-electron chi connectivity index (χ2n) is 12.2. The normalized spacial score (nSPS) is 26.4. The van der Waals surface area contributed by atoms with Crippen LogP contribution in [0.1, 0.15) is 55.5 Å². The number of benzene rings is 3. The number of fused-ring (bicyclic) bond motifs is 5. The zero-order valence-electron chi connectivity index (χ0n) is 25.6. The Balaban J connectivity index is 1.12. The molecule has 4 N–H and O–H groups in total. The number of aromatic hydroxyl groups is 1. The number of ketones is 2. The number of amides is 1. The Kier molecular flexibility index (Phi) is 6.95. The lowest BCUT2D eigenvalue weighted by Gasteiger charge is -2.37. The average molecular weight is 661 g/mol. The van der Waals surface area contributed by atoms with Gasteiger partial charge < -0.3 is 30.1 Å². The number of nitrogens with one attached hydrogen (secondary N) is 1. The van der Waals surface area contributed by atoms with Gasteiger partial charge in [-0.3, -0.25) is 14.5 Å². The molecule has 0 spiro atoms. The van der Waals surface area contributed by atoms with Crippen LogP contribution >= 0.6 is 11.8 Å². The van der Waals surface area contributed by atoms with Crippen molar-refractivity contribution < 1.29 is 39.2 Å². The van der Waals surface area contributed by atoms with Crippen LogP contribution in [0.4, 0.5) is 10.5 Å². The smallest absolute Gasteiger partial charge is 0.410 e. The Morgan fingerprint density at radius 1 is 1.06 bits per heavy atom. The number of aliphatic hydroxyl groups excluding tert-OH is 2. The van der Waals surface area contributed by atoms with E-state index in [9.17, 15) is 29.7 Å². The first-order chi connectivity index (χ1) is 23.2. The fraction of sp³-hybridized carbons (Fsp3) is 0.270. The van der Waals surface area contributed by atoms with Crippen molar-refractivity contribution in [2.24, 2.45) is 0 Å². The molecule has 3 aromatic rings. The van der Waals surface area contributed by atoms with Crippen LogP contribution in [0.15, 0.2) is 65.6 Å². The summed E-state index contributed by atoms with van der Waals surface area (Å²) in [6.07, 6.45) is -0.126. The van der Waals surface area contributed by atoms with E-state index < -0.39 is 52.9 Å². The molecule has 1 saturated heterocycles. The van der Waals surface area contributed by atoms with E-state index in [2.05, 4.69) is 29.0 Å². The maximum absolute atomic E-state index is 14.4. The van der Waals surface area contributed by atoms with Gasteiger partial charge >= 0.3 is 6.09 Å². The molecule has 1 amide bonds. The number of aliphatic hydroxyl groups is 2. The van der Waals surface area contributed by atoms with Crippen molar-refractivity contribution in [3.05, 3.63) is 99.6 Å². The number of thioether (sulfide) groups is 1. The highest BCUT2D eigenvalue weighted by atomic mass is 32.2. The zero-order valence-corrected chi connectivity index (χ0v) is 26.4. The number of carbonyl (C=O) groups is 3. The highest BCUT2D eigenvalue weighted by molar-refractivity contribution is 7.99. The van der Waals surface area contributed by atoms with E-state index >= 15 is 0 Å². The van der Waals surface area contributed by atoms with Crippen molar-refractivity contribution in [3.63, 3.8) is 0 Å². The molecule has 0 radical (unpaired) electrons. The number of phenols is 1. The SMILES string of the molecule is C[C@@H](O)[C@@]12O[C@]13c1cc(O)c4c(c1N[C@H]2C#C/C=C\C#C[C@H]3O)C(=O)c1cc2c(cc1C4=O)CN(C(=O)OCCSc1ccccc1)C2. The second kappa shape index (κ2) is 11.0. The summed E-state index contributed by atoms with van der Waals surface area (Å²) in [5.74, 6) is 10.4. The maximum Gasteiger partial charge on any atom is 0.410 e. The summed E-state index contributed by atoms with van der Waals surface area (Å²) in [5, 5.41) is 36.9. The highest BCUT2D eigenvalue weighted by Gasteiger charge is 2.82. The molecule has 5 atom stereocenters. The molecule has 5 aliphatic rings. The van der Waals surface area contributed by atoms with E-state index in [0.717, 1.165) is 4.90 Å². The first-order valence-corrected chi connectivity index (χ1v) is 16.4. The standard InChI is InChI=1S/C37H28N2O8S/c1-20(40)36-28-11-7-2-3-8-12-29(42)37(36,47-36)26-17-27(41)30-31(32(26)38-28)34(44)25-16-22-19-39(18-21(22)15-24(25)33(30)43)35(45)46-13-14-48-23-9-5-4-6-10-23/h2-6,9-10,15-17,20,28-29,38,40-42H,13-14,18-19H2,1H3/b3-2-/t20-,28+,29-,36+,37+/m1/s1. The molecular weight excluding hydrogens is 632 g/mol. The number of epoxide rings is 1. The molecule has 8 rings (SSSR count). The van der Waals surface area contributed by atoms with E-state index in [1.165, 1.54) is 30.0 Å². The van der Waals surface area contributed by atoms with E-state index in [1.54, 1.807) is 23.9 Å². The quantitative estimate of drug-likeness (QED) is 0.0825. The van der Waals surface area contributed by atoms with Gasteiger partial charge in [-0.25, -0.2) is 4.79 Å². The zero-order chi connectivity index (χ0) is 33.4. The van der Waals surface area contributed by atoms with Crippen LogP contribution in [0.5, 0.6) is 5.75 Å². The van der Waals surface area contributed by atoms with Crippen LogP contribution in [0.25, 0.3) is 0 Å². The maximum atomic E-state index is 14.4. The molecule has 1 fully saturated rings. The summed E-state index contributed by atoms with van der Waals surface area (Å²) >= 11 is 1.58. The van der Waals surface area contributed by atoms with E-state index in [1.807, 2.05) is 30.3 Å². The molecule has 11 heteroatoms. The van der Waals surface area contributed by atoms with Crippen LogP contribution < -0.4 is 5.32 Å². The molecular formula is C37H28N2O8S. The lowest BCUT2D eigenvalue weighted by Crippen LogP contribution is -2.54. The Morgan fingerprint density at radius 2 is 1.73 bits per heavy atom. The van der Waals surface area contributed by atoms with Crippen molar-refractivity contribution in [1.29, 1.82) is 0 Å². The minimum Gasteiger partial charge on any atom is -0.507 e. The van der Waals surface area contributed by atoms with Crippen molar-refractivity contribution in [2.75, 3.05) is 17.7 Å². The average Bonchev–Trinajstić information content (AvgIpc) is 3.66. The van der Waals surface area contributed by atoms with Gasteiger partial charge in [0.15, 0.2) is 28.9 Å². The van der Waals surface area contributed by atoms with Crippen molar-refractivity contribution >= 4 is 35.1 Å². The minimum absolute atomic E-state index is 0.0822. The summed E-state index contributed by atoms with van der Waals surface area (Å²) in [4.78, 5) is 43.9. The summed E-state index contributed by atoms with van der Waals surface area (Å²) in [6, 6.07) is 13.4. The number of hydrogen-bond acceptors (Lipinski definition) is 10. The molecule has 3 heterocycles. The van der Waals surface area contributed by atoms with Gasteiger partial charge in [0.25, 0.3) is 0 Å². The minimum atomic E-state index is -1.65. The fourth-order valence-corrected chi connectivity index (χ4v) is 8.11. The van der Waals surface area contributed by atoms with Gasteiger partial charge in [0.2, 0.25) is 0 Å². The van der Waals surface area contributed by atoms with Crippen LogP contribution in [0.2, 0.25) is 0 Å². The van der Waals surface area contributed by atoms with Gasteiger partial charge in [-0.2, -0.15) is 0 Å². The first kappa shape index (κ1) is 30.3. The Hall–Kier alpha value is -5.04. The number of anilines is 1. The monoisotopic (exact) mass is 660 g/mol. The molecule has 10 nitrogen and oxygen atoms in total. The lowest BCUT2D eigenvalue weighted by atomic mass is 9.69. The Labute approximate surface area is 279 Å². The van der Waals surface area contributed by atoms with Crippen LogP contribution in [-0.4, -0.2) is 74.1 Å². The van der Waals surface area contributed by atoms with Gasteiger partial charge in [-0.05, 0) is 60.5 Å². The number of carbonyl (C=O) groups excluding carboxylic acids is 3. The van der Waals surface area contributed by atoms with Crippen molar-refractivity contribution in [1.82, 2.24) is 4.90 Å². The van der Waals surface area contributed by atoms with Gasteiger partial charge in [0.05, 0.1) is 22.9 Å². The Bertz CT molecular complexity index is 2110. The third-order valence-electron chi connectivity index (χ3n) is 9.58. The number of phenolic OH excluding ortho intramolecular Hbond substituents is 1. The van der Waals surface area contributed by atoms with Gasteiger partial charge in [0.1, 0.15) is 18.4 Å². The van der Waals surface area contributed by atoms with Gasteiger partial charge in [-0.1, -0.05) is 41.9 Å². The molecule has 2 aliphatic carbocycles. The number of nitrogens with zero attached hydrogens (tertiary/aromatic N) is 1. The van der Waals surface area contributed by atoms with E-state index in [-0.39, 0.29) is 53.2 Å². The fourth-order valence-electron chi connectivity index (χ4n) is 7.36. The molecule has 240 valence electrons. The van der Waals surface area contributed by atoms with Crippen molar-refractivity contribution in [3.8, 4) is 29.4 Å². The third kappa shape index (κ3) is 4.26. The van der Waals surface area contributed by atoms with E-state index in [0.29, 0.717) is 16.9 Å². The molecule has 0 unspecified atom stereocenters. The summed E-state index contributed by atoms with van der Waals surface area (Å²) in [7, 11) is 0. The van der Waals surface area contributed by atoms with Crippen LogP contribution in [0, 0.1) is 23.7 Å². The summed E-state index contributed by atoms with van der Waals surface area (Å²) in [5.41, 5.74) is -1.36. The number of allylic oxidation sites excluding steroid dienone is 2. The number of rotatable bonds is 5.